The molecule has 0 aromatic carbocycles. The zero-order valence-corrected chi connectivity index (χ0v) is 7.28. The summed E-state index contributed by atoms with van der Waals surface area (Å²) >= 11 is 0. The molecular formula is C10H24. The van der Waals surface area contributed by atoms with Crippen LogP contribution >= 0.6 is 0 Å². The number of allylic oxidation sites excluding steroid dienone is 1. The Morgan fingerprint density at radius 2 is 1.70 bits per heavy atom. The highest BCUT2D eigenvalue weighted by Gasteiger charge is 1.87. The van der Waals surface area contributed by atoms with Crippen molar-refractivity contribution in [3.05, 3.63) is 12.7 Å². The maximum atomic E-state index is 3.63. The predicted octanol–water partition coefficient (Wildman–Crippen LogP) is 4.27. The molecule has 0 rings (SSSR count). The molecule has 0 nitrogen and oxygen atoms in total. The lowest BCUT2D eigenvalue weighted by Gasteiger charge is -1.96. The van der Waals surface area contributed by atoms with Gasteiger partial charge < -0.3 is 0 Å². The van der Waals surface area contributed by atoms with Gasteiger partial charge in [0.05, 0.1) is 0 Å². The molecule has 10 heavy (non-hydrogen) atoms. The van der Waals surface area contributed by atoms with Gasteiger partial charge in [-0.2, -0.15) is 0 Å². The second kappa shape index (κ2) is 15.9. The van der Waals surface area contributed by atoms with Crippen LogP contribution in [-0.4, -0.2) is 0 Å². The van der Waals surface area contributed by atoms with Crippen LogP contribution in [0.2, 0.25) is 0 Å². The van der Waals surface area contributed by atoms with E-state index >= 15 is 0 Å². The molecule has 0 aliphatic rings. The van der Waals surface area contributed by atoms with Gasteiger partial charge in [0.1, 0.15) is 0 Å². The number of hydrogen-bond donors (Lipinski definition) is 0. The summed E-state index contributed by atoms with van der Waals surface area (Å²) in [6.45, 7) is 12.1. The highest BCUT2D eigenvalue weighted by Crippen LogP contribution is 2.02. The van der Waals surface area contributed by atoms with Crippen molar-refractivity contribution in [3.63, 3.8) is 0 Å². The molecule has 0 fully saturated rings. The minimum absolute atomic E-state index is 0. The molecule has 0 aliphatic heterocycles. The van der Waals surface area contributed by atoms with E-state index in [1.807, 2.05) is 19.9 Å². The fourth-order valence-corrected chi connectivity index (χ4v) is 0.451. The lowest BCUT2D eigenvalue weighted by Crippen LogP contribution is -1.82. The van der Waals surface area contributed by atoms with Crippen LogP contribution in [0.3, 0.4) is 0 Å². The maximum absolute atomic E-state index is 3.63. The van der Waals surface area contributed by atoms with Crippen molar-refractivity contribution in [1.29, 1.82) is 0 Å². The summed E-state index contributed by atoms with van der Waals surface area (Å²) < 4.78 is 0. The minimum atomic E-state index is 0. The van der Waals surface area contributed by atoms with Crippen molar-refractivity contribution in [3.8, 4) is 0 Å². The van der Waals surface area contributed by atoms with E-state index in [4.69, 9.17) is 0 Å². The van der Waals surface area contributed by atoms with Crippen LogP contribution in [0.5, 0.6) is 0 Å². The van der Waals surface area contributed by atoms with Gasteiger partial charge in [0, 0.05) is 0 Å². The van der Waals surface area contributed by atoms with Gasteiger partial charge in [-0.3, -0.25) is 0 Å². The van der Waals surface area contributed by atoms with Crippen LogP contribution in [0.1, 0.15) is 48.0 Å². The summed E-state index contributed by atoms with van der Waals surface area (Å²) in [7, 11) is 0. The van der Waals surface area contributed by atoms with Gasteiger partial charge in [-0.15, -0.1) is 6.58 Å². The van der Waals surface area contributed by atoms with Gasteiger partial charge >= 0.3 is 0 Å². The van der Waals surface area contributed by atoms with E-state index < -0.39 is 0 Å². The Labute approximate surface area is 67.3 Å². The molecule has 0 bridgehead atoms. The van der Waals surface area contributed by atoms with Crippen molar-refractivity contribution in [2.75, 3.05) is 0 Å². The largest absolute Gasteiger partial charge is 0.103 e. The SMILES string of the molecule is C.C=CCCC(C)C.CC. The lowest BCUT2D eigenvalue weighted by molar-refractivity contribution is 0.595. The molecule has 0 amide bonds. The number of rotatable bonds is 3. The molecule has 64 valence electrons. The average molecular weight is 144 g/mol. The second-order valence-electron chi connectivity index (χ2n) is 2.26. The summed E-state index contributed by atoms with van der Waals surface area (Å²) in [5.41, 5.74) is 0. The standard InChI is InChI=1S/C7H14.C2H6.CH4/c1-4-5-6-7(2)3;1-2;/h4,7H,1,5-6H2,2-3H3;1-2H3;1H4. The van der Waals surface area contributed by atoms with E-state index in [1.54, 1.807) is 0 Å². The fourth-order valence-electron chi connectivity index (χ4n) is 0.451. The van der Waals surface area contributed by atoms with Crippen molar-refractivity contribution < 1.29 is 0 Å². The van der Waals surface area contributed by atoms with Gasteiger partial charge in [0.2, 0.25) is 0 Å². The summed E-state index contributed by atoms with van der Waals surface area (Å²) in [6, 6.07) is 0. The highest BCUT2D eigenvalue weighted by molar-refractivity contribution is 4.66. The molecule has 0 unspecified atom stereocenters. The second-order valence-corrected chi connectivity index (χ2v) is 2.26. The summed E-state index contributed by atoms with van der Waals surface area (Å²) in [6.07, 6.45) is 4.42. The van der Waals surface area contributed by atoms with Crippen molar-refractivity contribution in [2.45, 2.75) is 48.0 Å². The zero-order chi connectivity index (χ0) is 7.70. The third-order valence-corrected chi connectivity index (χ3v) is 0.948. The molecule has 0 heteroatoms. The monoisotopic (exact) mass is 144 g/mol. The highest BCUT2D eigenvalue weighted by atomic mass is 13.9. The van der Waals surface area contributed by atoms with Gasteiger partial charge in [-0.25, -0.2) is 0 Å². The number of hydrogen-bond acceptors (Lipinski definition) is 0. The van der Waals surface area contributed by atoms with Crippen LogP contribution in [0, 0.1) is 5.92 Å². The summed E-state index contributed by atoms with van der Waals surface area (Å²) in [5.74, 6) is 0.831. The summed E-state index contributed by atoms with van der Waals surface area (Å²) in [5, 5.41) is 0. The molecule has 0 aromatic rings. The molecule has 0 N–H and O–H groups in total. The Balaban J connectivity index is -0.000000149. The Morgan fingerprint density at radius 1 is 1.30 bits per heavy atom. The summed E-state index contributed by atoms with van der Waals surface area (Å²) in [4.78, 5) is 0. The van der Waals surface area contributed by atoms with Crippen LogP contribution in [0.25, 0.3) is 0 Å². The Morgan fingerprint density at radius 3 is 1.80 bits per heavy atom. The molecule has 0 aromatic heterocycles. The molecule has 0 heterocycles. The molecule has 0 spiro atoms. The van der Waals surface area contributed by atoms with E-state index in [-0.39, 0.29) is 7.43 Å². The van der Waals surface area contributed by atoms with Crippen molar-refractivity contribution >= 4 is 0 Å². The van der Waals surface area contributed by atoms with E-state index in [9.17, 15) is 0 Å². The Kier molecular flexibility index (Phi) is 26.0. The van der Waals surface area contributed by atoms with Crippen LogP contribution in [-0.2, 0) is 0 Å². The minimum Gasteiger partial charge on any atom is -0.103 e. The van der Waals surface area contributed by atoms with Gasteiger partial charge in [-0.1, -0.05) is 41.2 Å². The molecule has 0 radical (unpaired) electrons. The first-order valence-corrected chi connectivity index (χ1v) is 3.88. The molecule has 0 saturated heterocycles. The van der Waals surface area contributed by atoms with Gasteiger partial charge in [-0.05, 0) is 18.8 Å². The lowest BCUT2D eigenvalue weighted by atomic mass is 10.1. The third-order valence-electron chi connectivity index (χ3n) is 0.948. The van der Waals surface area contributed by atoms with Gasteiger partial charge in [0.25, 0.3) is 0 Å². The molecule has 0 aliphatic carbocycles. The quantitative estimate of drug-likeness (QED) is 0.519. The fraction of sp³-hybridized carbons (Fsp3) is 0.800. The topological polar surface area (TPSA) is 0 Å². The Bertz CT molecular complexity index is 44.0. The van der Waals surface area contributed by atoms with E-state index in [0.29, 0.717) is 0 Å². The average Bonchev–Trinajstić information content (AvgIpc) is 1.88. The van der Waals surface area contributed by atoms with Gasteiger partial charge in [0.15, 0.2) is 0 Å². The smallest absolute Gasteiger partial charge is 0.0351 e. The normalized spacial score (nSPS) is 7.30. The zero-order valence-electron chi connectivity index (χ0n) is 7.28. The molecule has 0 saturated carbocycles. The first kappa shape index (κ1) is 16.4. The van der Waals surface area contributed by atoms with Crippen LogP contribution in [0.4, 0.5) is 0 Å². The molecular weight excluding hydrogens is 120 g/mol. The first-order valence-electron chi connectivity index (χ1n) is 3.88. The Hall–Kier alpha value is -0.260. The van der Waals surface area contributed by atoms with E-state index in [0.717, 1.165) is 12.3 Å². The van der Waals surface area contributed by atoms with Crippen molar-refractivity contribution in [1.82, 2.24) is 0 Å². The first-order chi connectivity index (χ1) is 4.27. The van der Waals surface area contributed by atoms with Crippen molar-refractivity contribution in [2.24, 2.45) is 5.92 Å². The predicted molar refractivity (Wildman–Crippen MR) is 52.3 cm³/mol. The maximum Gasteiger partial charge on any atom is -0.0351 e. The van der Waals surface area contributed by atoms with E-state index in [2.05, 4.69) is 20.4 Å². The van der Waals surface area contributed by atoms with Crippen LogP contribution < -0.4 is 0 Å². The van der Waals surface area contributed by atoms with Crippen LogP contribution in [0.15, 0.2) is 12.7 Å². The van der Waals surface area contributed by atoms with E-state index in [1.165, 1.54) is 6.42 Å². The molecule has 0 atom stereocenters. The third kappa shape index (κ3) is 25.1.